The summed E-state index contributed by atoms with van der Waals surface area (Å²) in [6.45, 7) is 8.49. The number of likely N-dealkylation sites (tertiary alicyclic amines) is 1. The lowest BCUT2D eigenvalue weighted by Crippen LogP contribution is -2.51. The molecule has 1 aliphatic carbocycles. The zero-order valence-corrected chi connectivity index (χ0v) is 20.9. The van der Waals surface area contributed by atoms with Gasteiger partial charge in [0.1, 0.15) is 5.82 Å². The molecular formula is C28H39N3O3. The van der Waals surface area contributed by atoms with Crippen molar-refractivity contribution in [2.45, 2.75) is 71.3 Å². The largest absolute Gasteiger partial charge is 0.393 e. The van der Waals surface area contributed by atoms with Gasteiger partial charge in [-0.2, -0.15) is 0 Å². The third-order valence-corrected chi connectivity index (χ3v) is 7.44. The van der Waals surface area contributed by atoms with Gasteiger partial charge in [0.25, 0.3) is 5.91 Å². The molecule has 0 aromatic heterocycles. The summed E-state index contributed by atoms with van der Waals surface area (Å²) in [5, 5.41) is 10.1. The molecule has 1 aromatic carbocycles. The van der Waals surface area contributed by atoms with Gasteiger partial charge < -0.3 is 20.5 Å². The minimum Gasteiger partial charge on any atom is -0.393 e. The van der Waals surface area contributed by atoms with Crippen LogP contribution in [0.15, 0.2) is 58.6 Å². The van der Waals surface area contributed by atoms with Crippen molar-refractivity contribution >= 4 is 11.6 Å². The molecule has 1 saturated heterocycles. The van der Waals surface area contributed by atoms with Gasteiger partial charge in [-0.1, -0.05) is 37.6 Å². The summed E-state index contributed by atoms with van der Waals surface area (Å²) in [5.41, 5.74) is 11.8. The predicted octanol–water partition coefficient (Wildman–Crippen LogP) is 4.54. The summed E-state index contributed by atoms with van der Waals surface area (Å²) < 4.78 is 6.01. The second-order valence-electron chi connectivity index (χ2n) is 9.63. The van der Waals surface area contributed by atoms with E-state index in [1.165, 1.54) is 11.4 Å². The number of fused-ring (bicyclic) bond motifs is 1. The van der Waals surface area contributed by atoms with E-state index in [9.17, 15) is 9.90 Å². The fourth-order valence-electron chi connectivity index (χ4n) is 5.70. The Labute approximate surface area is 203 Å². The number of amides is 1. The SMILES string of the molecule is CCC/C=C1\C(C(N)=O)=C2CCCC2=C(N2CCC(CO)(OCC)CC2)N1c1ccccc1C. The molecule has 6 nitrogen and oxygen atoms in total. The van der Waals surface area contributed by atoms with Crippen LogP contribution in [0.3, 0.4) is 0 Å². The van der Waals surface area contributed by atoms with E-state index in [1.54, 1.807) is 0 Å². The van der Waals surface area contributed by atoms with Crippen molar-refractivity contribution in [2.24, 2.45) is 5.73 Å². The number of aryl methyl sites for hydroxylation is 1. The number of nitrogens with zero attached hydrogens (tertiary/aromatic N) is 2. The van der Waals surface area contributed by atoms with Crippen molar-refractivity contribution in [1.82, 2.24) is 4.90 Å². The Morgan fingerprint density at radius 3 is 2.50 bits per heavy atom. The molecule has 3 aliphatic rings. The van der Waals surface area contributed by atoms with Crippen LogP contribution in [0, 0.1) is 6.92 Å². The fraction of sp³-hybridized carbons (Fsp3) is 0.536. The number of unbranched alkanes of at least 4 members (excludes halogenated alkanes) is 1. The number of para-hydroxylation sites is 1. The molecule has 184 valence electrons. The fourth-order valence-corrected chi connectivity index (χ4v) is 5.70. The Kier molecular flexibility index (Phi) is 7.48. The van der Waals surface area contributed by atoms with Gasteiger partial charge in [-0.05, 0) is 75.1 Å². The number of primary amides is 1. The quantitative estimate of drug-likeness (QED) is 0.589. The highest BCUT2D eigenvalue weighted by molar-refractivity contribution is 6.01. The van der Waals surface area contributed by atoms with Crippen LogP contribution in [-0.4, -0.2) is 47.8 Å². The average molecular weight is 466 g/mol. The van der Waals surface area contributed by atoms with E-state index in [1.807, 2.05) is 6.92 Å². The first-order valence-corrected chi connectivity index (χ1v) is 12.8. The number of aliphatic hydroxyl groups is 1. The predicted molar refractivity (Wildman–Crippen MR) is 136 cm³/mol. The second-order valence-corrected chi connectivity index (χ2v) is 9.63. The van der Waals surface area contributed by atoms with Gasteiger partial charge in [-0.15, -0.1) is 0 Å². The summed E-state index contributed by atoms with van der Waals surface area (Å²) in [5.74, 6) is 0.834. The molecule has 1 amide bonds. The molecule has 0 radical (unpaired) electrons. The average Bonchev–Trinajstić information content (AvgIpc) is 3.31. The first kappa shape index (κ1) is 24.6. The maximum Gasteiger partial charge on any atom is 0.251 e. The molecular weight excluding hydrogens is 426 g/mol. The topological polar surface area (TPSA) is 79.0 Å². The maximum atomic E-state index is 12.8. The van der Waals surface area contributed by atoms with Crippen molar-refractivity contribution in [2.75, 3.05) is 31.2 Å². The lowest BCUT2D eigenvalue weighted by molar-refractivity contribution is -0.114. The van der Waals surface area contributed by atoms with Crippen LogP contribution in [0.25, 0.3) is 0 Å². The Morgan fingerprint density at radius 2 is 1.88 bits per heavy atom. The molecule has 0 spiro atoms. The van der Waals surface area contributed by atoms with Crippen LogP contribution < -0.4 is 10.6 Å². The van der Waals surface area contributed by atoms with Crippen LogP contribution in [0.2, 0.25) is 0 Å². The van der Waals surface area contributed by atoms with Gasteiger partial charge in [0.2, 0.25) is 0 Å². The molecule has 1 aromatic rings. The minimum atomic E-state index is -0.466. The standard InChI is InChI=1S/C28H39N3O3/c1-4-6-13-24-25(26(29)33)21-11-9-12-22(21)27(31(24)23-14-8-7-10-20(23)3)30-17-15-28(19-32,16-18-30)34-5-2/h7-8,10,13-14,32H,4-6,9,11-12,15-19H2,1-3H3,(H2,29,33)/b24-13+. The molecule has 0 bridgehead atoms. The Morgan fingerprint density at radius 1 is 1.18 bits per heavy atom. The van der Waals surface area contributed by atoms with E-state index in [2.05, 4.69) is 54.0 Å². The first-order chi connectivity index (χ1) is 16.5. The number of hydrogen-bond donors (Lipinski definition) is 2. The lowest BCUT2D eigenvalue weighted by Gasteiger charge is -2.47. The number of benzene rings is 1. The molecule has 6 heteroatoms. The van der Waals surface area contributed by atoms with E-state index in [0.29, 0.717) is 12.2 Å². The monoisotopic (exact) mass is 465 g/mol. The number of hydrogen-bond acceptors (Lipinski definition) is 5. The lowest BCUT2D eigenvalue weighted by atomic mass is 9.89. The Balaban J connectivity index is 1.87. The van der Waals surface area contributed by atoms with E-state index in [-0.39, 0.29) is 12.5 Å². The van der Waals surface area contributed by atoms with Crippen molar-refractivity contribution in [1.29, 1.82) is 0 Å². The van der Waals surface area contributed by atoms with Crippen molar-refractivity contribution < 1.29 is 14.6 Å². The first-order valence-electron chi connectivity index (χ1n) is 12.8. The number of carbonyl (C=O) groups is 1. The van der Waals surface area contributed by atoms with E-state index >= 15 is 0 Å². The number of allylic oxidation sites excluding steroid dienone is 3. The smallest absolute Gasteiger partial charge is 0.251 e. The zero-order chi connectivity index (χ0) is 24.3. The van der Waals surface area contributed by atoms with Gasteiger partial charge in [-0.25, -0.2) is 0 Å². The van der Waals surface area contributed by atoms with Crippen molar-refractivity contribution in [3.8, 4) is 0 Å². The van der Waals surface area contributed by atoms with Gasteiger partial charge in [0, 0.05) is 19.7 Å². The Hall–Kier alpha value is -2.57. The summed E-state index contributed by atoms with van der Waals surface area (Å²) in [6, 6.07) is 8.36. The number of anilines is 1. The number of nitrogens with two attached hydrogens (primary N) is 1. The third-order valence-electron chi connectivity index (χ3n) is 7.44. The highest BCUT2D eigenvalue weighted by Gasteiger charge is 2.42. The normalized spacial score (nSPS) is 21.5. The van der Waals surface area contributed by atoms with Gasteiger partial charge in [0.15, 0.2) is 0 Å². The molecule has 2 aliphatic heterocycles. The number of piperidine rings is 1. The Bertz CT molecular complexity index is 1020. The van der Waals surface area contributed by atoms with Crippen LogP contribution >= 0.6 is 0 Å². The molecule has 34 heavy (non-hydrogen) atoms. The minimum absolute atomic E-state index is 0.0424. The summed E-state index contributed by atoms with van der Waals surface area (Å²) in [4.78, 5) is 17.6. The molecule has 3 N–H and O–H groups in total. The molecule has 4 rings (SSSR count). The summed E-state index contributed by atoms with van der Waals surface area (Å²) in [6.07, 6.45) is 8.46. The van der Waals surface area contributed by atoms with E-state index in [4.69, 9.17) is 10.5 Å². The zero-order valence-electron chi connectivity index (χ0n) is 20.9. The van der Waals surface area contributed by atoms with E-state index in [0.717, 1.165) is 80.6 Å². The number of rotatable bonds is 8. The number of carbonyl (C=O) groups excluding carboxylic acids is 1. The summed E-state index contributed by atoms with van der Waals surface area (Å²) >= 11 is 0. The van der Waals surface area contributed by atoms with Gasteiger partial charge in [-0.3, -0.25) is 9.69 Å². The van der Waals surface area contributed by atoms with Crippen molar-refractivity contribution in [3.63, 3.8) is 0 Å². The number of aliphatic hydroxyl groups excluding tert-OH is 1. The van der Waals surface area contributed by atoms with Crippen LogP contribution in [-0.2, 0) is 9.53 Å². The molecule has 2 fully saturated rings. The molecule has 2 heterocycles. The molecule has 0 unspecified atom stereocenters. The van der Waals surface area contributed by atoms with E-state index < -0.39 is 5.60 Å². The van der Waals surface area contributed by atoms with Crippen LogP contribution in [0.5, 0.6) is 0 Å². The summed E-state index contributed by atoms with van der Waals surface area (Å²) in [7, 11) is 0. The highest BCUT2D eigenvalue weighted by atomic mass is 16.5. The molecule has 1 saturated carbocycles. The maximum absolute atomic E-state index is 12.8. The van der Waals surface area contributed by atoms with Gasteiger partial charge in [0.05, 0.1) is 29.2 Å². The number of ether oxygens (including phenoxy) is 1. The van der Waals surface area contributed by atoms with Crippen LogP contribution in [0.4, 0.5) is 5.69 Å². The highest BCUT2D eigenvalue weighted by Crippen LogP contribution is 2.47. The van der Waals surface area contributed by atoms with Crippen LogP contribution in [0.1, 0.15) is 64.4 Å². The third kappa shape index (κ3) is 4.41. The second kappa shape index (κ2) is 10.4. The van der Waals surface area contributed by atoms with Gasteiger partial charge >= 0.3 is 0 Å². The van der Waals surface area contributed by atoms with Crippen molar-refractivity contribution in [3.05, 3.63) is 64.1 Å². The molecule has 0 atom stereocenters.